The van der Waals surface area contributed by atoms with Crippen molar-refractivity contribution in [2.45, 2.75) is 36.0 Å². The second kappa shape index (κ2) is 9.09. The maximum absolute atomic E-state index is 13.6. The molecule has 0 spiro atoms. The SMILES string of the molecule is CC(C)c1ccccc1N=C1SCCCN1C(=O)c1ccc2c(c1)S(=O)(=O)c1ccccc1C2=O. The molecule has 3 aromatic carbocycles. The summed E-state index contributed by atoms with van der Waals surface area (Å²) >= 11 is 1.51. The molecule has 0 radical (unpaired) electrons. The summed E-state index contributed by atoms with van der Waals surface area (Å²) in [5.41, 5.74) is 2.38. The van der Waals surface area contributed by atoms with Gasteiger partial charge in [-0.1, -0.05) is 55.9 Å². The van der Waals surface area contributed by atoms with E-state index in [4.69, 9.17) is 4.99 Å². The van der Waals surface area contributed by atoms with Crippen LogP contribution in [0.5, 0.6) is 0 Å². The molecule has 178 valence electrons. The van der Waals surface area contributed by atoms with Gasteiger partial charge in [0.05, 0.1) is 15.5 Å². The number of fused-ring (bicyclic) bond motifs is 2. The second-order valence-corrected chi connectivity index (χ2v) is 11.8. The van der Waals surface area contributed by atoms with Gasteiger partial charge in [-0.15, -0.1) is 0 Å². The predicted octanol–water partition coefficient (Wildman–Crippen LogP) is 5.45. The molecule has 1 fully saturated rings. The number of carbonyl (C=O) groups excluding carboxylic acids is 2. The van der Waals surface area contributed by atoms with Crippen LogP contribution in [0, 0.1) is 0 Å². The molecule has 3 aromatic rings. The smallest absolute Gasteiger partial charge is 0.259 e. The Morgan fingerprint density at radius 2 is 1.69 bits per heavy atom. The molecule has 5 rings (SSSR count). The number of benzene rings is 3. The summed E-state index contributed by atoms with van der Waals surface area (Å²) in [6.45, 7) is 4.69. The average molecular weight is 505 g/mol. The molecular formula is C27H24N2O4S2. The number of aliphatic imine (C=N–C) groups is 1. The monoisotopic (exact) mass is 504 g/mol. The summed E-state index contributed by atoms with van der Waals surface area (Å²) in [6, 6.07) is 18.4. The van der Waals surface area contributed by atoms with Crippen molar-refractivity contribution >= 4 is 44.1 Å². The molecule has 1 amide bonds. The minimum Gasteiger partial charge on any atom is -0.289 e. The fourth-order valence-corrected chi connectivity index (χ4v) is 7.02. The van der Waals surface area contributed by atoms with Crippen molar-refractivity contribution in [1.82, 2.24) is 4.90 Å². The summed E-state index contributed by atoms with van der Waals surface area (Å²) in [4.78, 5) is 32.8. The molecule has 0 atom stereocenters. The van der Waals surface area contributed by atoms with Gasteiger partial charge in [0, 0.05) is 29.0 Å². The van der Waals surface area contributed by atoms with Gasteiger partial charge in [0.25, 0.3) is 5.91 Å². The van der Waals surface area contributed by atoms with Crippen LogP contribution in [0.2, 0.25) is 0 Å². The Bertz CT molecular complexity index is 1490. The number of thioether (sulfide) groups is 1. The van der Waals surface area contributed by atoms with Gasteiger partial charge in [-0.2, -0.15) is 0 Å². The van der Waals surface area contributed by atoms with Crippen molar-refractivity contribution in [3.05, 3.63) is 89.0 Å². The molecule has 6 nitrogen and oxygen atoms in total. The van der Waals surface area contributed by atoms with E-state index < -0.39 is 9.84 Å². The Balaban J connectivity index is 1.55. The predicted molar refractivity (Wildman–Crippen MR) is 138 cm³/mol. The first-order valence-electron chi connectivity index (χ1n) is 11.4. The van der Waals surface area contributed by atoms with Crippen molar-refractivity contribution in [3.63, 3.8) is 0 Å². The fourth-order valence-electron chi connectivity index (χ4n) is 4.39. The van der Waals surface area contributed by atoms with Gasteiger partial charge in [0.15, 0.2) is 11.0 Å². The van der Waals surface area contributed by atoms with E-state index in [-0.39, 0.29) is 44.1 Å². The second-order valence-electron chi connectivity index (χ2n) is 8.81. The summed E-state index contributed by atoms with van der Waals surface area (Å²) in [5, 5.41) is 0.594. The topological polar surface area (TPSA) is 83.9 Å². The van der Waals surface area contributed by atoms with Crippen LogP contribution in [0.1, 0.15) is 58.0 Å². The van der Waals surface area contributed by atoms with Crippen molar-refractivity contribution in [1.29, 1.82) is 0 Å². The van der Waals surface area contributed by atoms with E-state index in [2.05, 4.69) is 13.8 Å². The van der Waals surface area contributed by atoms with Gasteiger partial charge in [-0.05, 0) is 54.3 Å². The number of ketones is 1. The molecule has 8 heteroatoms. The Morgan fingerprint density at radius 1 is 0.971 bits per heavy atom. The Kier molecular flexibility index (Phi) is 6.11. The minimum absolute atomic E-state index is 0.0248. The van der Waals surface area contributed by atoms with E-state index >= 15 is 0 Å². The van der Waals surface area contributed by atoms with E-state index in [9.17, 15) is 18.0 Å². The van der Waals surface area contributed by atoms with Crippen molar-refractivity contribution < 1.29 is 18.0 Å². The van der Waals surface area contributed by atoms with Crippen LogP contribution in [-0.2, 0) is 9.84 Å². The van der Waals surface area contributed by atoms with Crippen LogP contribution in [0.3, 0.4) is 0 Å². The highest BCUT2D eigenvalue weighted by Gasteiger charge is 2.36. The van der Waals surface area contributed by atoms with Crippen LogP contribution in [-0.4, -0.2) is 42.5 Å². The summed E-state index contributed by atoms with van der Waals surface area (Å²) in [5.74, 6) is 0.434. The van der Waals surface area contributed by atoms with Crippen LogP contribution in [0.15, 0.2) is 81.5 Å². The highest BCUT2D eigenvalue weighted by Crippen LogP contribution is 2.35. The van der Waals surface area contributed by atoms with Crippen molar-refractivity contribution in [3.8, 4) is 0 Å². The molecule has 0 aromatic heterocycles. The van der Waals surface area contributed by atoms with E-state index in [0.717, 1.165) is 23.4 Å². The summed E-state index contributed by atoms with van der Waals surface area (Å²) in [6.07, 6.45) is 0.802. The first kappa shape index (κ1) is 23.5. The summed E-state index contributed by atoms with van der Waals surface area (Å²) in [7, 11) is -3.93. The molecule has 2 heterocycles. The van der Waals surface area contributed by atoms with Gasteiger partial charge >= 0.3 is 0 Å². The average Bonchev–Trinajstić information content (AvgIpc) is 2.87. The molecule has 0 saturated carbocycles. The normalized spacial score (nSPS) is 17.9. The van der Waals surface area contributed by atoms with Crippen LogP contribution in [0.25, 0.3) is 0 Å². The lowest BCUT2D eigenvalue weighted by Gasteiger charge is -2.28. The highest BCUT2D eigenvalue weighted by atomic mass is 32.2. The van der Waals surface area contributed by atoms with E-state index in [1.54, 1.807) is 17.0 Å². The van der Waals surface area contributed by atoms with Crippen LogP contribution < -0.4 is 0 Å². The Labute approximate surface area is 209 Å². The number of para-hydroxylation sites is 1. The number of carbonyl (C=O) groups is 2. The molecule has 0 bridgehead atoms. The molecular weight excluding hydrogens is 480 g/mol. The molecule has 0 aliphatic carbocycles. The van der Waals surface area contributed by atoms with E-state index in [0.29, 0.717) is 11.7 Å². The highest BCUT2D eigenvalue weighted by molar-refractivity contribution is 8.13. The fraction of sp³-hybridized carbons (Fsp3) is 0.222. The van der Waals surface area contributed by atoms with Gasteiger partial charge < -0.3 is 0 Å². The third-order valence-electron chi connectivity index (χ3n) is 6.19. The molecule has 1 saturated heterocycles. The number of amides is 1. The lowest BCUT2D eigenvalue weighted by atomic mass is 10.0. The number of amidine groups is 1. The zero-order valence-corrected chi connectivity index (χ0v) is 21.0. The van der Waals surface area contributed by atoms with Crippen molar-refractivity contribution in [2.24, 2.45) is 4.99 Å². The van der Waals surface area contributed by atoms with E-state index in [1.165, 1.54) is 42.1 Å². The minimum atomic E-state index is -3.93. The standard InChI is InChI=1S/C27H24N2O4S2/c1-17(2)19-8-3-5-10-22(19)28-27-29(14-7-15-34-27)26(31)18-12-13-21-24(16-18)35(32,33)23-11-6-4-9-20(23)25(21)30/h3-6,8-13,16-17H,7,14-15H2,1-2H3. The number of sulfone groups is 1. The number of rotatable bonds is 3. The number of nitrogens with zero attached hydrogens (tertiary/aromatic N) is 2. The van der Waals surface area contributed by atoms with Gasteiger partial charge in [0.1, 0.15) is 0 Å². The summed E-state index contributed by atoms with van der Waals surface area (Å²) < 4.78 is 26.6. The maximum Gasteiger partial charge on any atom is 0.259 e. The molecule has 2 aliphatic heterocycles. The van der Waals surface area contributed by atoms with Gasteiger partial charge in [-0.3, -0.25) is 14.5 Å². The zero-order valence-electron chi connectivity index (χ0n) is 19.4. The number of hydrogen-bond acceptors (Lipinski definition) is 6. The van der Waals surface area contributed by atoms with Crippen molar-refractivity contribution in [2.75, 3.05) is 12.3 Å². The third kappa shape index (κ3) is 4.10. The lowest BCUT2D eigenvalue weighted by Crippen LogP contribution is -2.39. The third-order valence-corrected chi connectivity index (χ3v) is 9.11. The number of hydrogen-bond donors (Lipinski definition) is 0. The first-order valence-corrected chi connectivity index (χ1v) is 13.9. The molecule has 0 N–H and O–H groups in total. The molecule has 0 unspecified atom stereocenters. The first-order chi connectivity index (χ1) is 16.8. The van der Waals surface area contributed by atoms with Gasteiger partial charge in [-0.25, -0.2) is 13.4 Å². The van der Waals surface area contributed by atoms with E-state index in [1.807, 2.05) is 24.3 Å². The quantitative estimate of drug-likeness (QED) is 0.370. The Morgan fingerprint density at radius 3 is 2.49 bits per heavy atom. The van der Waals surface area contributed by atoms with Crippen LogP contribution >= 0.6 is 11.8 Å². The Hall–Kier alpha value is -3.23. The zero-order chi connectivity index (χ0) is 24.7. The molecule has 2 aliphatic rings. The van der Waals surface area contributed by atoms with Crippen LogP contribution in [0.4, 0.5) is 5.69 Å². The molecule has 35 heavy (non-hydrogen) atoms. The lowest BCUT2D eigenvalue weighted by molar-refractivity contribution is 0.0848. The largest absolute Gasteiger partial charge is 0.289 e. The van der Waals surface area contributed by atoms with Gasteiger partial charge in [0.2, 0.25) is 9.84 Å². The maximum atomic E-state index is 13.6.